The Morgan fingerprint density at radius 3 is 2.92 bits per heavy atom. The number of benzene rings is 1. The average molecular weight is 365 g/mol. The Balaban J connectivity index is 1.41. The molecule has 25 heavy (non-hydrogen) atoms. The quantitative estimate of drug-likeness (QED) is 0.764. The third-order valence-corrected chi connectivity index (χ3v) is 5.15. The van der Waals surface area contributed by atoms with Crippen molar-refractivity contribution in [1.29, 1.82) is 0 Å². The second kappa shape index (κ2) is 5.87. The van der Waals surface area contributed by atoms with Gasteiger partial charge in [0.2, 0.25) is 5.91 Å². The van der Waals surface area contributed by atoms with E-state index in [1.807, 2.05) is 22.2 Å². The topological polar surface area (TPSA) is 46.4 Å². The zero-order chi connectivity index (χ0) is 17.6. The standard InChI is InChI=1S/C17H14F3N3OS/c18-17(19,20)14-4-2-1-3-11(14)12-7-13(12)15(24)21-8-10-9-23-5-6-25-16(23)22-10/h1-6,9,12-13H,7-8H2,(H,21,24)/t12-,13+/m0/s1. The third-order valence-electron chi connectivity index (χ3n) is 4.38. The molecule has 1 amide bonds. The first-order chi connectivity index (χ1) is 11.9. The number of rotatable bonds is 4. The molecule has 2 aromatic heterocycles. The molecule has 2 atom stereocenters. The van der Waals surface area contributed by atoms with Crippen molar-refractivity contribution in [3.05, 3.63) is 58.9 Å². The van der Waals surface area contributed by atoms with Gasteiger partial charge in [0, 0.05) is 23.7 Å². The van der Waals surface area contributed by atoms with Crippen LogP contribution in [0, 0.1) is 5.92 Å². The van der Waals surface area contributed by atoms with E-state index in [0.717, 1.165) is 16.7 Å². The third kappa shape index (κ3) is 3.13. The Bertz CT molecular complexity index is 902. The number of imidazole rings is 1. The molecule has 1 aliphatic carbocycles. The number of thiazole rings is 1. The number of carbonyl (C=O) groups excluding carboxylic acids is 1. The normalized spacial score (nSPS) is 20.0. The van der Waals surface area contributed by atoms with Crippen molar-refractivity contribution >= 4 is 22.2 Å². The first-order valence-corrected chi connectivity index (χ1v) is 8.66. The summed E-state index contributed by atoms with van der Waals surface area (Å²) < 4.78 is 41.2. The summed E-state index contributed by atoms with van der Waals surface area (Å²) in [6, 6.07) is 5.48. The second-order valence-electron chi connectivity index (χ2n) is 6.08. The van der Waals surface area contributed by atoms with E-state index in [4.69, 9.17) is 0 Å². The number of hydrogen-bond donors (Lipinski definition) is 1. The SMILES string of the molecule is O=C(NCc1cn2ccsc2n1)[C@@H]1C[C@H]1c1ccccc1C(F)(F)F. The van der Waals surface area contributed by atoms with Gasteiger partial charge in [-0.05, 0) is 24.0 Å². The van der Waals surface area contributed by atoms with Crippen LogP contribution >= 0.6 is 11.3 Å². The van der Waals surface area contributed by atoms with Gasteiger partial charge in [-0.3, -0.25) is 9.20 Å². The van der Waals surface area contributed by atoms with Crippen molar-refractivity contribution in [2.45, 2.75) is 25.1 Å². The van der Waals surface area contributed by atoms with Gasteiger partial charge in [0.25, 0.3) is 0 Å². The van der Waals surface area contributed by atoms with Crippen LogP contribution in [-0.4, -0.2) is 15.3 Å². The van der Waals surface area contributed by atoms with Crippen LogP contribution in [0.5, 0.6) is 0 Å². The van der Waals surface area contributed by atoms with E-state index in [9.17, 15) is 18.0 Å². The molecule has 0 radical (unpaired) electrons. The van der Waals surface area contributed by atoms with Crippen LogP contribution in [0.3, 0.4) is 0 Å². The Morgan fingerprint density at radius 2 is 2.16 bits per heavy atom. The summed E-state index contributed by atoms with van der Waals surface area (Å²) in [6.45, 7) is 0.275. The van der Waals surface area contributed by atoms with Crippen molar-refractivity contribution in [3.8, 4) is 0 Å². The fourth-order valence-electron chi connectivity index (χ4n) is 3.08. The first-order valence-electron chi connectivity index (χ1n) is 7.78. The highest BCUT2D eigenvalue weighted by molar-refractivity contribution is 7.15. The van der Waals surface area contributed by atoms with Gasteiger partial charge in [-0.25, -0.2) is 4.98 Å². The van der Waals surface area contributed by atoms with Gasteiger partial charge in [-0.2, -0.15) is 13.2 Å². The Hall–Kier alpha value is -2.35. The molecular formula is C17H14F3N3OS. The van der Waals surface area contributed by atoms with E-state index in [-0.39, 0.29) is 23.9 Å². The minimum atomic E-state index is -4.40. The lowest BCUT2D eigenvalue weighted by molar-refractivity contribution is -0.138. The molecule has 130 valence electrons. The maximum Gasteiger partial charge on any atom is 0.416 e. The molecule has 0 spiro atoms. The van der Waals surface area contributed by atoms with Gasteiger partial charge in [-0.1, -0.05) is 18.2 Å². The van der Waals surface area contributed by atoms with Crippen molar-refractivity contribution in [3.63, 3.8) is 0 Å². The second-order valence-corrected chi connectivity index (χ2v) is 6.95. The van der Waals surface area contributed by atoms with Crippen LogP contribution in [0.25, 0.3) is 4.96 Å². The van der Waals surface area contributed by atoms with E-state index in [1.165, 1.54) is 23.5 Å². The zero-order valence-corrected chi connectivity index (χ0v) is 13.8. The lowest BCUT2D eigenvalue weighted by Crippen LogP contribution is -2.25. The Labute approximate surface area is 145 Å². The monoisotopic (exact) mass is 365 g/mol. The maximum atomic E-state index is 13.1. The highest BCUT2D eigenvalue weighted by Crippen LogP contribution is 2.51. The van der Waals surface area contributed by atoms with E-state index in [2.05, 4.69) is 10.3 Å². The number of amides is 1. The van der Waals surface area contributed by atoms with Crippen LogP contribution < -0.4 is 5.32 Å². The van der Waals surface area contributed by atoms with Gasteiger partial charge in [0.15, 0.2) is 4.96 Å². The average Bonchev–Trinajstić information content (AvgIpc) is 3.10. The minimum Gasteiger partial charge on any atom is -0.350 e. The van der Waals surface area contributed by atoms with Crippen LogP contribution in [0.2, 0.25) is 0 Å². The molecule has 0 unspecified atom stereocenters. The molecule has 2 heterocycles. The molecule has 1 fully saturated rings. The summed E-state index contributed by atoms with van der Waals surface area (Å²) in [4.78, 5) is 17.5. The summed E-state index contributed by atoms with van der Waals surface area (Å²) in [7, 11) is 0. The molecule has 0 bridgehead atoms. The zero-order valence-electron chi connectivity index (χ0n) is 13.0. The molecule has 4 nitrogen and oxygen atoms in total. The molecule has 1 saturated carbocycles. The largest absolute Gasteiger partial charge is 0.416 e. The van der Waals surface area contributed by atoms with Gasteiger partial charge in [0.1, 0.15) is 0 Å². The predicted octanol–water partition coefficient (Wildman–Crippen LogP) is 3.83. The molecule has 4 rings (SSSR count). The van der Waals surface area contributed by atoms with E-state index in [0.29, 0.717) is 6.42 Å². The van der Waals surface area contributed by atoms with Crippen molar-refractivity contribution in [2.24, 2.45) is 5.92 Å². The van der Waals surface area contributed by atoms with Crippen LogP contribution in [-0.2, 0) is 17.5 Å². The summed E-state index contributed by atoms with van der Waals surface area (Å²) >= 11 is 1.50. The molecular weight excluding hydrogens is 351 g/mol. The Morgan fingerprint density at radius 1 is 1.36 bits per heavy atom. The number of carbonyl (C=O) groups is 1. The van der Waals surface area contributed by atoms with Crippen LogP contribution in [0.15, 0.2) is 42.0 Å². The fraction of sp³-hybridized carbons (Fsp3) is 0.294. The van der Waals surface area contributed by atoms with E-state index < -0.39 is 17.7 Å². The molecule has 0 aliphatic heterocycles. The summed E-state index contributed by atoms with van der Waals surface area (Å²) in [5.41, 5.74) is 0.287. The predicted molar refractivity (Wildman–Crippen MR) is 87.2 cm³/mol. The summed E-state index contributed by atoms with van der Waals surface area (Å²) in [5, 5.41) is 4.69. The number of aromatic nitrogens is 2. The summed E-state index contributed by atoms with van der Waals surface area (Å²) in [5.74, 6) is -1.01. The van der Waals surface area contributed by atoms with Gasteiger partial charge in [-0.15, -0.1) is 11.3 Å². The summed E-state index contributed by atoms with van der Waals surface area (Å²) in [6.07, 6.45) is -0.252. The first kappa shape index (κ1) is 16.1. The van der Waals surface area contributed by atoms with E-state index >= 15 is 0 Å². The Kier molecular flexibility index (Phi) is 3.79. The highest BCUT2D eigenvalue weighted by atomic mass is 32.1. The van der Waals surface area contributed by atoms with Gasteiger partial charge >= 0.3 is 6.18 Å². The van der Waals surface area contributed by atoms with E-state index in [1.54, 1.807) is 6.07 Å². The molecule has 1 aliphatic rings. The number of alkyl halides is 3. The minimum absolute atomic E-state index is 0.206. The maximum absolute atomic E-state index is 13.1. The number of halogens is 3. The molecule has 3 aromatic rings. The number of hydrogen-bond acceptors (Lipinski definition) is 3. The lowest BCUT2D eigenvalue weighted by atomic mass is 10.0. The number of nitrogens with one attached hydrogen (secondary N) is 1. The van der Waals surface area contributed by atoms with Crippen molar-refractivity contribution in [1.82, 2.24) is 14.7 Å². The van der Waals surface area contributed by atoms with Gasteiger partial charge in [0.05, 0.1) is 17.8 Å². The molecule has 0 saturated heterocycles. The smallest absolute Gasteiger partial charge is 0.350 e. The van der Waals surface area contributed by atoms with Crippen molar-refractivity contribution in [2.75, 3.05) is 0 Å². The molecule has 1 aromatic carbocycles. The molecule has 8 heteroatoms. The highest BCUT2D eigenvalue weighted by Gasteiger charge is 2.47. The van der Waals surface area contributed by atoms with Crippen LogP contribution in [0.1, 0.15) is 29.2 Å². The lowest BCUT2D eigenvalue weighted by Gasteiger charge is -2.12. The number of nitrogens with zero attached hydrogens (tertiary/aromatic N) is 2. The van der Waals surface area contributed by atoms with Crippen LogP contribution in [0.4, 0.5) is 13.2 Å². The molecule has 1 N–H and O–H groups in total. The van der Waals surface area contributed by atoms with Gasteiger partial charge < -0.3 is 5.32 Å². The van der Waals surface area contributed by atoms with Crippen molar-refractivity contribution < 1.29 is 18.0 Å². The fourth-order valence-corrected chi connectivity index (χ4v) is 3.80. The number of fused-ring (bicyclic) bond motifs is 1.